The maximum atomic E-state index is 8.59. The van der Waals surface area contributed by atoms with Crippen LogP contribution in [0.3, 0.4) is 0 Å². The van der Waals surface area contributed by atoms with Gasteiger partial charge in [-0.1, -0.05) is 48.8 Å². The Morgan fingerprint density at radius 2 is 1.95 bits per heavy atom. The van der Waals surface area contributed by atoms with Crippen LogP contribution in [0, 0.1) is 12.8 Å². The normalized spacial score (nSPS) is 12.4. The van der Waals surface area contributed by atoms with Crippen molar-refractivity contribution < 1.29 is 5.21 Å². The fourth-order valence-electron chi connectivity index (χ4n) is 2.03. The summed E-state index contributed by atoms with van der Waals surface area (Å²) in [7, 11) is 0. The molecule has 1 aromatic carbocycles. The van der Waals surface area contributed by atoms with E-state index in [0.29, 0.717) is 12.3 Å². The molecular weight excluding hydrogens is 238 g/mol. The van der Waals surface area contributed by atoms with E-state index in [0.717, 1.165) is 19.6 Å². The summed E-state index contributed by atoms with van der Waals surface area (Å²) >= 11 is 0. The Balaban J connectivity index is 2.60. The van der Waals surface area contributed by atoms with Gasteiger partial charge in [0.25, 0.3) is 0 Å². The van der Waals surface area contributed by atoms with Gasteiger partial charge >= 0.3 is 0 Å². The highest BCUT2D eigenvalue weighted by Gasteiger charge is 2.09. The first kappa shape index (κ1) is 15.5. The number of nitrogens with zero attached hydrogens (tertiary/aromatic N) is 2. The fourth-order valence-corrected chi connectivity index (χ4v) is 2.03. The number of hydrogen-bond acceptors (Lipinski definition) is 3. The molecule has 19 heavy (non-hydrogen) atoms. The zero-order valence-corrected chi connectivity index (χ0v) is 12.1. The highest BCUT2D eigenvalue weighted by atomic mass is 16.4. The summed E-state index contributed by atoms with van der Waals surface area (Å²) in [6.07, 6.45) is 0.592. The second-order valence-electron chi connectivity index (χ2n) is 5.46. The number of amidine groups is 1. The van der Waals surface area contributed by atoms with Crippen LogP contribution >= 0.6 is 0 Å². The van der Waals surface area contributed by atoms with Gasteiger partial charge in [-0.15, -0.1) is 0 Å². The van der Waals surface area contributed by atoms with Crippen molar-refractivity contribution in [1.29, 1.82) is 0 Å². The summed E-state index contributed by atoms with van der Waals surface area (Å²) in [6, 6.07) is 8.58. The molecule has 0 heterocycles. The lowest BCUT2D eigenvalue weighted by Crippen LogP contribution is -2.31. The number of nitrogens with two attached hydrogens (primary N) is 1. The molecule has 0 spiro atoms. The van der Waals surface area contributed by atoms with E-state index >= 15 is 0 Å². The highest BCUT2D eigenvalue weighted by molar-refractivity contribution is 5.79. The van der Waals surface area contributed by atoms with Crippen LogP contribution in [0.15, 0.2) is 29.4 Å². The molecule has 1 rings (SSSR count). The molecule has 1 aromatic rings. The standard InChI is InChI=1S/C15H25N3O/c1-12(2)10-18(9-8-15(16)17-19)11-14-6-4-13(3)5-7-14/h4-7,12,19H,8-11H2,1-3H3,(H2,16,17). The summed E-state index contributed by atoms with van der Waals surface area (Å²) in [4.78, 5) is 2.34. The third-order valence-corrected chi connectivity index (χ3v) is 2.96. The lowest BCUT2D eigenvalue weighted by molar-refractivity contribution is 0.241. The highest BCUT2D eigenvalue weighted by Crippen LogP contribution is 2.09. The second kappa shape index (κ2) is 7.79. The smallest absolute Gasteiger partial charge is 0.140 e. The van der Waals surface area contributed by atoms with E-state index in [-0.39, 0.29) is 5.84 Å². The molecule has 3 N–H and O–H groups in total. The van der Waals surface area contributed by atoms with E-state index in [1.54, 1.807) is 0 Å². The molecule has 0 aliphatic rings. The first-order valence-electron chi connectivity index (χ1n) is 6.75. The van der Waals surface area contributed by atoms with Crippen molar-refractivity contribution in [2.45, 2.75) is 33.7 Å². The minimum atomic E-state index is 0.290. The van der Waals surface area contributed by atoms with E-state index < -0.39 is 0 Å². The molecule has 0 aliphatic carbocycles. The van der Waals surface area contributed by atoms with Crippen molar-refractivity contribution in [3.63, 3.8) is 0 Å². The van der Waals surface area contributed by atoms with Crippen molar-refractivity contribution >= 4 is 5.84 Å². The molecule has 0 bridgehead atoms. The molecule has 106 valence electrons. The zero-order valence-electron chi connectivity index (χ0n) is 12.1. The van der Waals surface area contributed by atoms with Crippen molar-refractivity contribution in [2.75, 3.05) is 13.1 Å². The van der Waals surface area contributed by atoms with E-state index in [1.807, 2.05) is 0 Å². The summed E-state index contributed by atoms with van der Waals surface area (Å²) in [5.74, 6) is 0.885. The van der Waals surface area contributed by atoms with Gasteiger partial charge in [-0.2, -0.15) is 0 Å². The van der Waals surface area contributed by atoms with Crippen molar-refractivity contribution in [1.82, 2.24) is 4.90 Å². The van der Waals surface area contributed by atoms with Gasteiger partial charge in [0.15, 0.2) is 0 Å². The topological polar surface area (TPSA) is 61.8 Å². The number of rotatable bonds is 7. The molecule has 0 aliphatic heterocycles. The van der Waals surface area contributed by atoms with Gasteiger partial charge in [-0.3, -0.25) is 4.90 Å². The minimum absolute atomic E-state index is 0.290. The molecule has 0 radical (unpaired) electrons. The van der Waals surface area contributed by atoms with Crippen molar-refractivity contribution in [3.8, 4) is 0 Å². The Kier molecular flexibility index (Phi) is 6.36. The third kappa shape index (κ3) is 6.25. The summed E-state index contributed by atoms with van der Waals surface area (Å²) in [6.45, 7) is 9.21. The molecular formula is C15H25N3O. The van der Waals surface area contributed by atoms with Crippen LogP contribution in [-0.4, -0.2) is 29.0 Å². The van der Waals surface area contributed by atoms with Crippen molar-refractivity contribution in [3.05, 3.63) is 35.4 Å². The van der Waals surface area contributed by atoms with Gasteiger partial charge in [0.05, 0.1) is 0 Å². The Morgan fingerprint density at radius 1 is 1.32 bits per heavy atom. The Hall–Kier alpha value is -1.55. The lowest BCUT2D eigenvalue weighted by Gasteiger charge is -2.24. The zero-order chi connectivity index (χ0) is 14.3. The van der Waals surface area contributed by atoms with Gasteiger partial charge in [-0.25, -0.2) is 0 Å². The van der Waals surface area contributed by atoms with Crippen LogP contribution in [0.2, 0.25) is 0 Å². The lowest BCUT2D eigenvalue weighted by atomic mass is 10.1. The first-order valence-corrected chi connectivity index (χ1v) is 6.75. The Morgan fingerprint density at radius 3 is 2.47 bits per heavy atom. The predicted octanol–water partition coefficient (Wildman–Crippen LogP) is 2.59. The van der Waals surface area contributed by atoms with Gasteiger partial charge in [-0.05, 0) is 18.4 Å². The van der Waals surface area contributed by atoms with E-state index in [4.69, 9.17) is 10.9 Å². The molecule has 0 aromatic heterocycles. The molecule has 0 fully saturated rings. The van der Waals surface area contributed by atoms with Crippen LogP contribution in [0.25, 0.3) is 0 Å². The van der Waals surface area contributed by atoms with Crippen LogP contribution in [0.5, 0.6) is 0 Å². The molecule has 4 heteroatoms. The van der Waals surface area contributed by atoms with E-state index in [9.17, 15) is 0 Å². The molecule has 0 saturated heterocycles. The van der Waals surface area contributed by atoms with Crippen LogP contribution in [0.1, 0.15) is 31.4 Å². The number of benzene rings is 1. The quantitative estimate of drug-likeness (QED) is 0.344. The summed E-state index contributed by atoms with van der Waals surface area (Å²) in [5.41, 5.74) is 8.11. The molecule has 0 atom stereocenters. The number of hydrogen-bond donors (Lipinski definition) is 2. The van der Waals surface area contributed by atoms with Crippen LogP contribution < -0.4 is 5.73 Å². The van der Waals surface area contributed by atoms with Crippen LogP contribution in [-0.2, 0) is 6.54 Å². The Labute approximate surface area is 115 Å². The Bertz CT molecular complexity index is 398. The second-order valence-corrected chi connectivity index (χ2v) is 5.46. The maximum Gasteiger partial charge on any atom is 0.140 e. The molecule has 0 unspecified atom stereocenters. The van der Waals surface area contributed by atoms with Crippen molar-refractivity contribution in [2.24, 2.45) is 16.8 Å². The number of oxime groups is 1. The molecule has 4 nitrogen and oxygen atoms in total. The summed E-state index contributed by atoms with van der Waals surface area (Å²) < 4.78 is 0. The molecule has 0 amide bonds. The fraction of sp³-hybridized carbons (Fsp3) is 0.533. The van der Waals surface area contributed by atoms with E-state index in [1.165, 1.54) is 11.1 Å². The molecule has 0 saturated carbocycles. The van der Waals surface area contributed by atoms with Gasteiger partial charge < -0.3 is 10.9 Å². The number of aryl methyl sites for hydroxylation is 1. The SMILES string of the molecule is Cc1ccc(CN(CCC(N)=NO)CC(C)C)cc1. The average molecular weight is 263 g/mol. The van der Waals surface area contributed by atoms with Gasteiger partial charge in [0, 0.05) is 26.1 Å². The largest absolute Gasteiger partial charge is 0.409 e. The third-order valence-electron chi connectivity index (χ3n) is 2.96. The monoisotopic (exact) mass is 263 g/mol. The van der Waals surface area contributed by atoms with Crippen LogP contribution in [0.4, 0.5) is 0 Å². The predicted molar refractivity (Wildman–Crippen MR) is 79.3 cm³/mol. The maximum absolute atomic E-state index is 8.59. The van der Waals surface area contributed by atoms with Gasteiger partial charge in [0.2, 0.25) is 0 Å². The van der Waals surface area contributed by atoms with Gasteiger partial charge in [0.1, 0.15) is 5.84 Å². The van der Waals surface area contributed by atoms with E-state index in [2.05, 4.69) is 55.1 Å². The minimum Gasteiger partial charge on any atom is -0.409 e. The average Bonchev–Trinajstić information content (AvgIpc) is 2.37. The first-order chi connectivity index (χ1) is 9.01. The summed E-state index contributed by atoms with van der Waals surface area (Å²) in [5, 5.41) is 11.6.